The highest BCUT2D eigenvalue weighted by molar-refractivity contribution is 7.99. The molecule has 1 atom stereocenters. The lowest BCUT2D eigenvalue weighted by atomic mass is 10.2. The fourth-order valence-electron chi connectivity index (χ4n) is 2.03. The van der Waals surface area contributed by atoms with Crippen LogP contribution < -0.4 is 15.5 Å². The number of hydrogen-bond donors (Lipinski definition) is 2. The van der Waals surface area contributed by atoms with E-state index in [0.717, 1.165) is 31.1 Å². The van der Waals surface area contributed by atoms with E-state index in [1.165, 1.54) is 5.69 Å². The molecule has 0 saturated carbocycles. The Kier molecular flexibility index (Phi) is 5.54. The Labute approximate surface area is 118 Å². The molecule has 1 saturated heterocycles. The van der Waals surface area contributed by atoms with Gasteiger partial charge in [0.25, 0.3) is 0 Å². The summed E-state index contributed by atoms with van der Waals surface area (Å²) in [6, 6.07) is 10.3. The monoisotopic (exact) mass is 279 g/mol. The van der Waals surface area contributed by atoms with Crippen molar-refractivity contribution in [3.63, 3.8) is 0 Å². The lowest BCUT2D eigenvalue weighted by Crippen LogP contribution is -2.42. The Hall–Kier alpha value is -1.20. The predicted molar refractivity (Wildman–Crippen MR) is 81.6 cm³/mol. The number of nitrogens with one attached hydrogen (secondary N) is 2. The molecule has 2 N–H and O–H groups in total. The van der Waals surface area contributed by atoms with E-state index in [0.29, 0.717) is 0 Å². The lowest BCUT2D eigenvalue weighted by molar-refractivity contribution is -0.122. The number of para-hydroxylation sites is 1. The van der Waals surface area contributed by atoms with Gasteiger partial charge in [0.1, 0.15) is 0 Å². The van der Waals surface area contributed by atoms with Crippen LogP contribution in [0.25, 0.3) is 0 Å². The van der Waals surface area contributed by atoms with Crippen LogP contribution in [0.5, 0.6) is 0 Å². The molecule has 0 spiro atoms. The molecule has 1 aliphatic rings. The zero-order valence-electron chi connectivity index (χ0n) is 11.3. The molecule has 1 heterocycles. The Morgan fingerprint density at radius 2 is 2.26 bits per heavy atom. The number of benzene rings is 1. The second kappa shape index (κ2) is 7.40. The molecule has 1 aromatic carbocycles. The molecule has 1 aromatic rings. The molecule has 0 aliphatic carbocycles. The van der Waals surface area contributed by atoms with Gasteiger partial charge in [0.15, 0.2) is 0 Å². The maximum atomic E-state index is 11.8. The summed E-state index contributed by atoms with van der Waals surface area (Å²) in [5.41, 5.74) is 1.21. The standard InChI is InChI=1S/C14H21N3OS/c1-17(12-6-3-2-4-7-12)9-5-8-15-14(18)13-10-19-11-16-13/h2-4,6-7,13,16H,5,8-11H2,1H3,(H,15,18). The topological polar surface area (TPSA) is 44.4 Å². The number of nitrogens with zero attached hydrogens (tertiary/aromatic N) is 1. The molecule has 104 valence electrons. The van der Waals surface area contributed by atoms with Gasteiger partial charge in [-0.05, 0) is 18.6 Å². The van der Waals surface area contributed by atoms with Gasteiger partial charge in [0, 0.05) is 37.5 Å². The Bertz CT molecular complexity index is 393. The second-order valence-electron chi connectivity index (χ2n) is 4.67. The Balaban J connectivity index is 1.62. The fourth-order valence-corrected chi connectivity index (χ4v) is 2.97. The van der Waals surface area contributed by atoms with Gasteiger partial charge in [-0.3, -0.25) is 10.1 Å². The van der Waals surface area contributed by atoms with Gasteiger partial charge in [0.05, 0.1) is 6.04 Å². The van der Waals surface area contributed by atoms with Gasteiger partial charge in [-0.15, -0.1) is 11.8 Å². The number of thioether (sulfide) groups is 1. The zero-order chi connectivity index (χ0) is 13.5. The van der Waals surface area contributed by atoms with E-state index < -0.39 is 0 Å². The van der Waals surface area contributed by atoms with Crippen LogP contribution in [-0.2, 0) is 4.79 Å². The van der Waals surface area contributed by atoms with Crippen LogP contribution in [0.15, 0.2) is 30.3 Å². The van der Waals surface area contributed by atoms with Crippen molar-refractivity contribution in [1.82, 2.24) is 10.6 Å². The van der Waals surface area contributed by atoms with Crippen LogP contribution in [0.1, 0.15) is 6.42 Å². The largest absolute Gasteiger partial charge is 0.375 e. The molecule has 5 heteroatoms. The SMILES string of the molecule is CN(CCCNC(=O)C1CSCN1)c1ccccc1. The summed E-state index contributed by atoms with van der Waals surface area (Å²) in [6.45, 7) is 1.68. The van der Waals surface area contributed by atoms with E-state index in [9.17, 15) is 4.79 Å². The van der Waals surface area contributed by atoms with Crippen molar-refractivity contribution in [1.29, 1.82) is 0 Å². The third kappa shape index (κ3) is 4.44. The van der Waals surface area contributed by atoms with Gasteiger partial charge in [-0.1, -0.05) is 18.2 Å². The highest BCUT2D eigenvalue weighted by Gasteiger charge is 2.21. The smallest absolute Gasteiger partial charge is 0.238 e. The quantitative estimate of drug-likeness (QED) is 0.770. The number of carbonyl (C=O) groups excluding carboxylic acids is 1. The van der Waals surface area contributed by atoms with Gasteiger partial charge in [-0.25, -0.2) is 0 Å². The fraction of sp³-hybridized carbons (Fsp3) is 0.500. The van der Waals surface area contributed by atoms with Crippen LogP contribution in [0.4, 0.5) is 5.69 Å². The first-order chi connectivity index (χ1) is 9.27. The van der Waals surface area contributed by atoms with E-state index in [1.807, 2.05) is 18.2 Å². The molecule has 0 aromatic heterocycles. The summed E-state index contributed by atoms with van der Waals surface area (Å²) < 4.78 is 0. The molecule has 0 bridgehead atoms. The first-order valence-electron chi connectivity index (χ1n) is 6.62. The molecule has 4 nitrogen and oxygen atoms in total. The van der Waals surface area contributed by atoms with E-state index in [-0.39, 0.29) is 11.9 Å². The van der Waals surface area contributed by atoms with E-state index in [1.54, 1.807) is 11.8 Å². The van der Waals surface area contributed by atoms with Crippen LogP contribution in [0.2, 0.25) is 0 Å². The third-order valence-corrected chi connectivity index (χ3v) is 4.14. The summed E-state index contributed by atoms with van der Waals surface area (Å²) in [7, 11) is 2.08. The minimum atomic E-state index is -0.00291. The molecule has 0 radical (unpaired) electrons. The van der Waals surface area contributed by atoms with Crippen molar-refractivity contribution in [3.8, 4) is 0 Å². The summed E-state index contributed by atoms with van der Waals surface area (Å²) in [5.74, 6) is 1.90. The zero-order valence-corrected chi connectivity index (χ0v) is 12.1. The Morgan fingerprint density at radius 3 is 2.95 bits per heavy atom. The Morgan fingerprint density at radius 1 is 1.47 bits per heavy atom. The summed E-state index contributed by atoms with van der Waals surface area (Å²) in [4.78, 5) is 14.0. The molecular weight excluding hydrogens is 258 g/mol. The van der Waals surface area contributed by atoms with Crippen LogP contribution >= 0.6 is 11.8 Å². The van der Waals surface area contributed by atoms with E-state index >= 15 is 0 Å². The van der Waals surface area contributed by atoms with Crippen molar-refractivity contribution >= 4 is 23.4 Å². The molecule has 2 rings (SSSR count). The number of carbonyl (C=O) groups is 1. The van der Waals surface area contributed by atoms with Crippen molar-refractivity contribution in [2.24, 2.45) is 0 Å². The van der Waals surface area contributed by atoms with Gasteiger partial charge in [0.2, 0.25) is 5.91 Å². The number of amides is 1. The van der Waals surface area contributed by atoms with Crippen LogP contribution in [-0.4, -0.2) is 43.7 Å². The average Bonchev–Trinajstić information content (AvgIpc) is 2.98. The maximum absolute atomic E-state index is 11.8. The van der Waals surface area contributed by atoms with Gasteiger partial charge in [-0.2, -0.15) is 0 Å². The lowest BCUT2D eigenvalue weighted by Gasteiger charge is -2.19. The average molecular weight is 279 g/mol. The molecule has 1 aliphatic heterocycles. The molecule has 19 heavy (non-hydrogen) atoms. The summed E-state index contributed by atoms with van der Waals surface area (Å²) in [5, 5.41) is 6.16. The minimum Gasteiger partial charge on any atom is -0.375 e. The van der Waals surface area contributed by atoms with E-state index in [2.05, 4.69) is 34.7 Å². The van der Waals surface area contributed by atoms with Crippen molar-refractivity contribution in [2.45, 2.75) is 12.5 Å². The van der Waals surface area contributed by atoms with Crippen LogP contribution in [0, 0.1) is 0 Å². The number of rotatable bonds is 6. The molecular formula is C14H21N3OS. The molecule has 1 amide bonds. The molecule has 1 fully saturated rings. The molecule has 1 unspecified atom stereocenters. The second-order valence-corrected chi connectivity index (χ2v) is 5.70. The highest BCUT2D eigenvalue weighted by atomic mass is 32.2. The highest BCUT2D eigenvalue weighted by Crippen LogP contribution is 2.11. The van der Waals surface area contributed by atoms with Crippen molar-refractivity contribution in [2.75, 3.05) is 36.7 Å². The van der Waals surface area contributed by atoms with Crippen LogP contribution in [0.3, 0.4) is 0 Å². The first-order valence-corrected chi connectivity index (χ1v) is 7.78. The third-order valence-electron chi connectivity index (χ3n) is 3.20. The predicted octanol–water partition coefficient (Wildman–Crippen LogP) is 1.29. The van der Waals surface area contributed by atoms with Crippen molar-refractivity contribution in [3.05, 3.63) is 30.3 Å². The number of hydrogen-bond acceptors (Lipinski definition) is 4. The summed E-state index contributed by atoms with van der Waals surface area (Å²) >= 11 is 1.77. The van der Waals surface area contributed by atoms with E-state index in [4.69, 9.17) is 0 Å². The maximum Gasteiger partial charge on any atom is 0.238 e. The van der Waals surface area contributed by atoms with Gasteiger partial charge < -0.3 is 10.2 Å². The first kappa shape index (κ1) is 14.2. The van der Waals surface area contributed by atoms with Crippen molar-refractivity contribution < 1.29 is 4.79 Å². The number of anilines is 1. The summed E-state index contributed by atoms with van der Waals surface area (Å²) in [6.07, 6.45) is 0.955. The normalized spacial score (nSPS) is 18.3. The minimum absolute atomic E-state index is 0.00291. The van der Waals surface area contributed by atoms with Gasteiger partial charge >= 0.3 is 0 Å².